The fourth-order valence-electron chi connectivity index (χ4n) is 5.02. The summed E-state index contributed by atoms with van der Waals surface area (Å²) in [6.07, 6.45) is -0.342. The first kappa shape index (κ1) is 26.0. The number of carbonyl (C=O) groups is 4. The Kier molecular flexibility index (Phi) is 7.79. The van der Waals surface area contributed by atoms with Crippen LogP contribution in [-0.4, -0.2) is 98.8 Å². The molecule has 11 nitrogen and oxygen atoms in total. The summed E-state index contributed by atoms with van der Waals surface area (Å²) in [5, 5.41) is 26.5. The van der Waals surface area contributed by atoms with Crippen LogP contribution in [0.25, 0.3) is 0 Å². The van der Waals surface area contributed by atoms with E-state index in [9.17, 15) is 29.4 Å². The van der Waals surface area contributed by atoms with Crippen molar-refractivity contribution in [2.75, 3.05) is 25.4 Å². The van der Waals surface area contributed by atoms with Gasteiger partial charge in [0.05, 0.1) is 42.3 Å². The number of carbonyl (C=O) groups excluding carboxylic acids is 3. The van der Waals surface area contributed by atoms with Gasteiger partial charge in [0, 0.05) is 28.4 Å². The Morgan fingerprint density at radius 1 is 1.40 bits per heavy atom. The maximum atomic E-state index is 12.7. The second kappa shape index (κ2) is 10.5. The topological polar surface area (TPSA) is 158 Å². The summed E-state index contributed by atoms with van der Waals surface area (Å²) in [4.78, 5) is 55.2. The zero-order chi connectivity index (χ0) is 25.4. The first-order valence-corrected chi connectivity index (χ1v) is 13.5. The Hall–Kier alpha value is -2.09. The zero-order valence-electron chi connectivity index (χ0n) is 19.7. The fraction of sp³-hybridized carbons (Fsp3) is 0.682. The first-order chi connectivity index (χ1) is 16.6. The van der Waals surface area contributed by atoms with E-state index < -0.39 is 30.1 Å². The van der Waals surface area contributed by atoms with Crippen molar-refractivity contribution in [3.63, 3.8) is 0 Å². The molecular formula is C22H30N4O7S2. The van der Waals surface area contributed by atoms with Gasteiger partial charge < -0.3 is 30.5 Å². The second-order valence-electron chi connectivity index (χ2n) is 9.03. The minimum Gasteiger partial charge on any atom is -0.477 e. The Bertz CT molecular complexity index is 985. The van der Waals surface area contributed by atoms with Crippen LogP contribution in [0.15, 0.2) is 15.6 Å². The van der Waals surface area contributed by atoms with Gasteiger partial charge in [-0.15, -0.1) is 23.5 Å². The third kappa shape index (κ3) is 4.95. The number of fused-ring (bicyclic) bond motifs is 1. The van der Waals surface area contributed by atoms with Gasteiger partial charge in [0.2, 0.25) is 11.8 Å². The van der Waals surface area contributed by atoms with Crippen molar-refractivity contribution in [1.29, 1.82) is 0 Å². The molecule has 0 unspecified atom stereocenters. The number of hydrogen-bond donors (Lipinski definition) is 4. The predicted octanol–water partition coefficient (Wildman–Crippen LogP) is -0.203. The number of rotatable bonds is 9. The van der Waals surface area contributed by atoms with Gasteiger partial charge in [0.1, 0.15) is 5.70 Å². The van der Waals surface area contributed by atoms with Crippen molar-refractivity contribution in [3.05, 3.63) is 10.6 Å². The zero-order valence-corrected chi connectivity index (χ0v) is 21.4. The number of aliphatic carboxylic acids is 1. The number of nitrogens with one attached hydrogen (secondary N) is 2. The number of nitrogens with zero attached hydrogens (tertiary/aromatic N) is 2. The molecule has 0 spiro atoms. The molecule has 35 heavy (non-hydrogen) atoms. The van der Waals surface area contributed by atoms with E-state index in [1.165, 1.54) is 28.4 Å². The molecule has 4 heterocycles. The van der Waals surface area contributed by atoms with Crippen LogP contribution in [0, 0.1) is 11.8 Å². The van der Waals surface area contributed by atoms with Gasteiger partial charge in [-0.1, -0.05) is 6.92 Å². The van der Waals surface area contributed by atoms with Crippen LogP contribution in [0.5, 0.6) is 0 Å². The van der Waals surface area contributed by atoms with E-state index in [0.717, 1.165) is 0 Å². The molecule has 0 aromatic rings. The van der Waals surface area contributed by atoms with Gasteiger partial charge in [-0.05, 0) is 20.3 Å². The van der Waals surface area contributed by atoms with E-state index in [0.29, 0.717) is 35.3 Å². The summed E-state index contributed by atoms with van der Waals surface area (Å²) < 4.78 is 4.98. The summed E-state index contributed by atoms with van der Waals surface area (Å²) in [6, 6.07) is -1.32. The largest absolute Gasteiger partial charge is 0.477 e. The summed E-state index contributed by atoms with van der Waals surface area (Å²) in [7, 11) is 0. The molecule has 0 aromatic heterocycles. The molecule has 0 saturated carbocycles. The predicted molar refractivity (Wildman–Crippen MR) is 131 cm³/mol. The van der Waals surface area contributed by atoms with Gasteiger partial charge in [-0.2, -0.15) is 0 Å². The third-order valence-electron chi connectivity index (χ3n) is 6.69. The number of carboxylic acids is 1. The SMILES string of the molecule is CCOC(=O)[C@@H]1CSC(CNC(=O)[C@@H]2C[C@H](SC3=C(C(=O)O)N4C(=O)[C@H]([C@@H](C)O)[C@H]4[C@H]3C)CN2)=N1. The monoisotopic (exact) mass is 526 g/mol. The average molecular weight is 527 g/mol. The molecule has 2 saturated heterocycles. The molecule has 13 heteroatoms. The minimum atomic E-state index is -1.16. The van der Waals surface area contributed by atoms with Crippen LogP contribution in [0.3, 0.4) is 0 Å². The lowest BCUT2D eigenvalue weighted by Gasteiger charge is -2.46. The number of aliphatic hydroxyl groups excluding tert-OH is 1. The molecule has 4 aliphatic rings. The van der Waals surface area contributed by atoms with E-state index in [2.05, 4.69) is 15.6 Å². The Balaban J connectivity index is 1.32. The Morgan fingerprint density at radius 3 is 2.80 bits per heavy atom. The summed E-state index contributed by atoms with van der Waals surface area (Å²) in [5.41, 5.74) is -0.00488. The number of hydrogen-bond acceptors (Lipinski definition) is 10. The van der Waals surface area contributed by atoms with Crippen LogP contribution in [0.4, 0.5) is 0 Å². The van der Waals surface area contributed by atoms with Crippen molar-refractivity contribution < 1.29 is 34.1 Å². The second-order valence-corrected chi connectivity index (χ2v) is 11.5. The number of amides is 2. The number of ether oxygens (including phenoxy) is 1. The van der Waals surface area contributed by atoms with Crippen LogP contribution in [0.1, 0.15) is 27.2 Å². The maximum absolute atomic E-state index is 12.7. The van der Waals surface area contributed by atoms with Gasteiger partial charge in [0.15, 0.2) is 6.04 Å². The highest BCUT2D eigenvalue weighted by atomic mass is 32.2. The van der Waals surface area contributed by atoms with E-state index in [-0.39, 0.29) is 47.2 Å². The van der Waals surface area contributed by atoms with Crippen molar-refractivity contribution >= 4 is 52.3 Å². The standard InChI is InChI=1S/C22H30N4O7S2/c1-4-33-22(32)13-8-34-14(25-13)7-24-19(28)12-5-11(6-23-12)35-18-9(2)16-15(10(3)27)20(29)26(16)17(18)21(30)31/h9-13,15-16,23,27H,4-8H2,1-3H3,(H,24,28)(H,30,31)/t9-,10-,11+,12+,13+,15-,16-/m1/s1. The molecule has 0 radical (unpaired) electrons. The Labute approximate surface area is 211 Å². The lowest BCUT2D eigenvalue weighted by Crippen LogP contribution is -2.63. The number of β-lactam (4-membered cyclic amide) rings is 1. The van der Waals surface area contributed by atoms with E-state index in [4.69, 9.17) is 4.74 Å². The molecule has 2 amide bonds. The highest BCUT2D eigenvalue weighted by molar-refractivity contribution is 8.14. The van der Waals surface area contributed by atoms with Gasteiger partial charge in [-0.25, -0.2) is 9.59 Å². The van der Waals surface area contributed by atoms with Crippen LogP contribution >= 0.6 is 23.5 Å². The molecule has 0 aromatic carbocycles. The lowest BCUT2D eigenvalue weighted by atomic mass is 9.79. The molecule has 4 rings (SSSR count). The van der Waals surface area contributed by atoms with Crippen molar-refractivity contribution in [1.82, 2.24) is 15.5 Å². The number of aliphatic imine (C=N–C) groups is 1. The minimum absolute atomic E-state index is 0.00488. The molecule has 192 valence electrons. The van der Waals surface area contributed by atoms with Gasteiger partial charge in [-0.3, -0.25) is 14.6 Å². The number of carboxylic acid groups (broad SMARTS) is 1. The van der Waals surface area contributed by atoms with E-state index in [1.54, 1.807) is 13.8 Å². The van der Waals surface area contributed by atoms with Gasteiger partial charge in [0.25, 0.3) is 0 Å². The first-order valence-electron chi connectivity index (χ1n) is 11.7. The summed E-state index contributed by atoms with van der Waals surface area (Å²) in [6.45, 7) is 6.23. The Morgan fingerprint density at radius 2 is 2.14 bits per heavy atom. The van der Waals surface area contributed by atoms with Crippen molar-refractivity contribution in [2.45, 2.75) is 56.7 Å². The molecule has 0 bridgehead atoms. The molecule has 0 aliphatic carbocycles. The van der Waals surface area contributed by atoms with E-state index >= 15 is 0 Å². The normalized spacial score (nSPS) is 32.7. The molecule has 2 fully saturated rings. The average Bonchev–Trinajstić information content (AvgIpc) is 3.51. The molecule has 4 N–H and O–H groups in total. The fourth-order valence-corrected chi connectivity index (χ4v) is 7.43. The van der Waals surface area contributed by atoms with Crippen LogP contribution in [-0.2, 0) is 23.9 Å². The van der Waals surface area contributed by atoms with Crippen molar-refractivity contribution in [2.24, 2.45) is 16.8 Å². The quantitative estimate of drug-likeness (QED) is 0.234. The summed E-state index contributed by atoms with van der Waals surface area (Å²) >= 11 is 2.82. The summed E-state index contributed by atoms with van der Waals surface area (Å²) in [5.74, 6) is -2.37. The molecule has 4 aliphatic heterocycles. The van der Waals surface area contributed by atoms with Crippen LogP contribution < -0.4 is 10.6 Å². The van der Waals surface area contributed by atoms with Crippen molar-refractivity contribution in [3.8, 4) is 0 Å². The highest BCUT2D eigenvalue weighted by Gasteiger charge is 2.60. The lowest BCUT2D eigenvalue weighted by molar-refractivity contribution is -0.163. The third-order valence-corrected chi connectivity index (χ3v) is 9.27. The van der Waals surface area contributed by atoms with E-state index in [1.807, 2.05) is 6.92 Å². The number of thioether (sulfide) groups is 2. The van der Waals surface area contributed by atoms with Gasteiger partial charge >= 0.3 is 11.9 Å². The maximum Gasteiger partial charge on any atom is 0.353 e. The highest BCUT2D eigenvalue weighted by Crippen LogP contribution is 2.51. The smallest absolute Gasteiger partial charge is 0.353 e. The van der Waals surface area contributed by atoms with Crippen LogP contribution in [0.2, 0.25) is 0 Å². The molecule has 7 atom stereocenters. The number of esters is 1. The number of aliphatic hydroxyl groups is 1. The molecular weight excluding hydrogens is 496 g/mol.